The van der Waals surface area contributed by atoms with Crippen LogP contribution in [0.2, 0.25) is 10.2 Å². The van der Waals surface area contributed by atoms with E-state index < -0.39 is 11.5 Å². The van der Waals surface area contributed by atoms with Crippen LogP contribution in [-0.2, 0) is 4.74 Å². The summed E-state index contributed by atoms with van der Waals surface area (Å²) in [5.74, 6) is -0.440. The number of hydrogen-bond donors (Lipinski definition) is 2. The van der Waals surface area contributed by atoms with Crippen molar-refractivity contribution in [1.82, 2.24) is 9.38 Å². The van der Waals surface area contributed by atoms with Gasteiger partial charge in [-0.1, -0.05) is 110 Å². The summed E-state index contributed by atoms with van der Waals surface area (Å²) in [7, 11) is 0. The SMILES string of the molecule is CCCCC(CC)/C(O)=c1\c(N)nc2c(C(=O)OC3C(C(C)(C)C)CC(C)CC3C(C)(C)C)c(-c3ccc(Cl)cc3)c(Cl)n2c1=O. The third kappa shape index (κ3) is 7.06. The molecule has 1 saturated carbocycles. The Hall–Kier alpha value is -2.77. The van der Waals surface area contributed by atoms with Crippen LogP contribution in [0.5, 0.6) is 0 Å². The number of aliphatic hydroxyl groups is 1. The van der Waals surface area contributed by atoms with E-state index in [1.165, 1.54) is 4.40 Å². The molecule has 9 heteroatoms. The summed E-state index contributed by atoms with van der Waals surface area (Å²) >= 11 is 13.2. The largest absolute Gasteiger partial charge is 0.511 e. The van der Waals surface area contributed by atoms with Crippen LogP contribution in [0.1, 0.15) is 111 Å². The van der Waals surface area contributed by atoms with Crippen molar-refractivity contribution in [3.63, 3.8) is 0 Å². The van der Waals surface area contributed by atoms with Crippen molar-refractivity contribution in [1.29, 1.82) is 0 Å². The molecule has 0 bridgehead atoms. The molecule has 3 N–H and O–H groups in total. The number of esters is 1. The molecule has 1 aromatic carbocycles. The highest BCUT2D eigenvalue weighted by atomic mass is 35.5. The highest BCUT2D eigenvalue weighted by Gasteiger charge is 2.48. The van der Waals surface area contributed by atoms with E-state index in [-0.39, 0.29) is 67.8 Å². The van der Waals surface area contributed by atoms with Crippen LogP contribution in [0.3, 0.4) is 0 Å². The lowest BCUT2D eigenvalue weighted by molar-refractivity contribution is -0.0922. The van der Waals surface area contributed by atoms with Gasteiger partial charge in [-0.25, -0.2) is 14.2 Å². The number of nitrogen functional groups attached to an aromatic ring is 1. The van der Waals surface area contributed by atoms with Crippen LogP contribution < -0.4 is 16.5 Å². The molecule has 3 atom stereocenters. The van der Waals surface area contributed by atoms with Gasteiger partial charge in [0.15, 0.2) is 5.65 Å². The van der Waals surface area contributed by atoms with Crippen LogP contribution >= 0.6 is 23.2 Å². The van der Waals surface area contributed by atoms with Gasteiger partial charge in [-0.3, -0.25) is 4.79 Å². The van der Waals surface area contributed by atoms with Gasteiger partial charge in [0.25, 0.3) is 5.56 Å². The number of aliphatic hydroxyl groups excluding tert-OH is 1. The van der Waals surface area contributed by atoms with Crippen molar-refractivity contribution >= 4 is 46.4 Å². The Morgan fingerprint density at radius 1 is 1.07 bits per heavy atom. The van der Waals surface area contributed by atoms with E-state index in [0.717, 1.165) is 25.7 Å². The molecule has 0 aliphatic heterocycles. The number of anilines is 1. The summed E-state index contributed by atoms with van der Waals surface area (Å²) in [5.41, 5.74) is 6.53. The average molecular weight is 673 g/mol. The molecule has 0 saturated heterocycles. The van der Waals surface area contributed by atoms with Crippen LogP contribution in [-0.4, -0.2) is 26.6 Å². The second kappa shape index (κ2) is 13.8. The Morgan fingerprint density at radius 3 is 2.13 bits per heavy atom. The number of fused-ring (bicyclic) bond motifs is 1. The number of rotatable bonds is 8. The number of hydrogen-bond acceptors (Lipinski definition) is 6. The summed E-state index contributed by atoms with van der Waals surface area (Å²) in [4.78, 5) is 33.4. The third-order valence-electron chi connectivity index (χ3n) is 9.94. The van der Waals surface area contributed by atoms with E-state index >= 15 is 0 Å². The number of benzene rings is 1. The molecule has 3 aromatic rings. The van der Waals surface area contributed by atoms with Gasteiger partial charge in [-0.2, -0.15) is 0 Å². The van der Waals surface area contributed by atoms with Crippen molar-refractivity contribution in [2.24, 2.45) is 34.5 Å². The molecule has 2 heterocycles. The van der Waals surface area contributed by atoms with E-state index in [9.17, 15) is 14.7 Å². The molecule has 1 aliphatic carbocycles. The molecular formula is C37H51Cl2N3O4. The lowest BCUT2D eigenvalue weighted by Gasteiger charge is -2.50. The zero-order valence-electron chi connectivity index (χ0n) is 28.8. The maximum Gasteiger partial charge on any atom is 0.342 e. The fraction of sp³-hybridized carbons (Fsp3) is 0.595. The zero-order chi connectivity index (χ0) is 34.3. The van der Waals surface area contributed by atoms with Crippen molar-refractivity contribution in [3.8, 4) is 11.1 Å². The summed E-state index contributed by atoms with van der Waals surface area (Å²) in [5, 5.41) is 11.8. The first-order valence-corrected chi connectivity index (χ1v) is 17.4. The minimum absolute atomic E-state index is 0.00408. The normalized spacial score (nSPS) is 22.2. The van der Waals surface area contributed by atoms with Crippen molar-refractivity contribution < 1.29 is 14.6 Å². The van der Waals surface area contributed by atoms with Crippen LogP contribution in [0, 0.1) is 34.5 Å². The summed E-state index contributed by atoms with van der Waals surface area (Å²) < 4.78 is 7.78. The Balaban J connectivity index is 2.00. The third-order valence-corrected chi connectivity index (χ3v) is 10.5. The summed E-state index contributed by atoms with van der Waals surface area (Å²) in [6, 6.07) is 6.88. The Bertz CT molecular complexity index is 1660. The Morgan fingerprint density at radius 2 is 1.63 bits per heavy atom. The van der Waals surface area contributed by atoms with E-state index in [1.54, 1.807) is 24.3 Å². The van der Waals surface area contributed by atoms with E-state index in [4.69, 9.17) is 33.7 Å². The molecule has 3 unspecified atom stereocenters. The minimum atomic E-state index is -0.624. The second-order valence-corrected chi connectivity index (χ2v) is 16.2. The molecule has 0 radical (unpaired) electrons. The van der Waals surface area contributed by atoms with Gasteiger partial charge < -0.3 is 15.6 Å². The highest BCUT2D eigenvalue weighted by molar-refractivity contribution is 6.34. The topological polar surface area (TPSA) is 107 Å². The molecule has 0 amide bonds. The van der Waals surface area contributed by atoms with Gasteiger partial charge in [0, 0.05) is 28.3 Å². The van der Waals surface area contributed by atoms with Gasteiger partial charge in [-0.15, -0.1) is 0 Å². The highest BCUT2D eigenvalue weighted by Crippen LogP contribution is 2.50. The van der Waals surface area contributed by atoms with Gasteiger partial charge in [0.2, 0.25) is 0 Å². The van der Waals surface area contributed by atoms with Gasteiger partial charge in [-0.05, 0) is 60.1 Å². The lowest BCUT2D eigenvalue weighted by atomic mass is 9.59. The Labute approximate surface area is 283 Å². The fourth-order valence-corrected chi connectivity index (χ4v) is 7.75. The van der Waals surface area contributed by atoms with E-state index in [2.05, 4.69) is 60.4 Å². The minimum Gasteiger partial charge on any atom is -0.511 e. The number of ether oxygens (including phenoxy) is 1. The monoisotopic (exact) mass is 671 g/mol. The molecule has 0 spiro atoms. The number of nitrogens with two attached hydrogens (primary N) is 1. The van der Waals surface area contributed by atoms with E-state index in [1.807, 2.05) is 6.92 Å². The first kappa shape index (κ1) is 36.1. The standard InChI is InChI=1S/C37H51Cl2N3O4/c1-10-12-13-21(11-2)29(43)28-32(40)41-33-27(26(31(39)42(33)34(28)44)22-14-16-23(38)17-15-22)35(45)46-30-24(36(4,5)6)18-20(3)19-25(30)37(7,8)9/h14-17,20-21,24-25,30,43H,10-13,18-19H2,1-9H3,(H2,40,41)/b29-28-. The number of nitrogens with zero attached hydrogens (tertiary/aromatic N) is 2. The molecule has 252 valence electrons. The average Bonchev–Trinajstić information content (AvgIpc) is 3.25. The Kier molecular flexibility index (Phi) is 10.8. The van der Waals surface area contributed by atoms with E-state index in [0.29, 0.717) is 34.9 Å². The zero-order valence-corrected chi connectivity index (χ0v) is 30.4. The summed E-state index contributed by atoms with van der Waals surface area (Å²) in [6.07, 6.45) is 4.65. The van der Waals surface area contributed by atoms with Crippen LogP contribution in [0.15, 0.2) is 29.1 Å². The first-order valence-electron chi connectivity index (χ1n) is 16.7. The predicted octanol–water partition coefficient (Wildman–Crippen LogP) is 9.13. The smallest absolute Gasteiger partial charge is 0.342 e. The maximum absolute atomic E-state index is 14.6. The molecular weight excluding hydrogens is 621 g/mol. The van der Waals surface area contributed by atoms with Crippen molar-refractivity contribution in [2.75, 3.05) is 5.73 Å². The molecule has 1 fully saturated rings. The maximum atomic E-state index is 14.6. The van der Waals surface area contributed by atoms with Crippen LogP contribution in [0.25, 0.3) is 22.5 Å². The predicted molar refractivity (Wildman–Crippen MR) is 189 cm³/mol. The fourth-order valence-electron chi connectivity index (χ4n) is 7.27. The van der Waals surface area contributed by atoms with Crippen LogP contribution in [0.4, 0.5) is 5.82 Å². The van der Waals surface area contributed by atoms with Crippen molar-refractivity contribution in [3.05, 3.63) is 55.6 Å². The molecule has 1 aliphatic rings. The summed E-state index contributed by atoms with van der Waals surface area (Å²) in [6.45, 7) is 19.5. The number of carbonyl (C=O) groups excluding carboxylic acids is 1. The number of carbonyl (C=O) groups is 1. The number of aromatic nitrogens is 2. The number of halogens is 2. The first-order chi connectivity index (χ1) is 21.4. The lowest BCUT2D eigenvalue weighted by Crippen LogP contribution is -2.49. The molecule has 46 heavy (non-hydrogen) atoms. The second-order valence-electron chi connectivity index (χ2n) is 15.4. The number of unbranched alkanes of at least 4 members (excludes halogenated alkanes) is 1. The molecule has 2 aromatic heterocycles. The quantitative estimate of drug-likeness (QED) is 0.231. The molecule has 7 nitrogen and oxygen atoms in total. The van der Waals surface area contributed by atoms with Gasteiger partial charge in [0.1, 0.15) is 33.6 Å². The van der Waals surface area contributed by atoms with Gasteiger partial charge >= 0.3 is 5.97 Å². The van der Waals surface area contributed by atoms with Crippen molar-refractivity contribution in [2.45, 2.75) is 107 Å². The van der Waals surface area contributed by atoms with Gasteiger partial charge in [0.05, 0.1) is 0 Å². The molecule has 4 rings (SSSR count).